The molecule has 2 amide bonds. The maximum absolute atomic E-state index is 13.5. The number of carbonyl (C=O) groups is 2. The molecule has 168 valence electrons. The number of ether oxygens (including phenoxy) is 2. The standard InChI is InChI=1S/C23H29FN2O4S/c1-16(2)23(28)25(10-11-29-3)14-22(27)26-9-7-21-19(8-12-31-21)20(26)15-30-18-6-4-5-17(24)13-18/h4-6,8,12-13,16,20H,7,9-11,14-15H2,1-3H3/t20-/m0/s1. The minimum absolute atomic E-state index is 0.00366. The van der Waals surface area contributed by atoms with Gasteiger partial charge in [-0.05, 0) is 35.6 Å². The summed E-state index contributed by atoms with van der Waals surface area (Å²) in [4.78, 5) is 30.4. The van der Waals surface area contributed by atoms with E-state index in [1.54, 1.807) is 40.4 Å². The second-order valence-corrected chi connectivity index (χ2v) is 8.83. The van der Waals surface area contributed by atoms with Crippen LogP contribution in [0.3, 0.4) is 0 Å². The normalized spacial score (nSPS) is 15.6. The Bertz CT molecular complexity index is 901. The molecular formula is C23H29FN2O4S. The molecule has 1 aromatic carbocycles. The third kappa shape index (κ3) is 5.83. The van der Waals surface area contributed by atoms with Gasteiger partial charge < -0.3 is 19.3 Å². The van der Waals surface area contributed by atoms with Crippen molar-refractivity contribution in [3.63, 3.8) is 0 Å². The van der Waals surface area contributed by atoms with Crippen LogP contribution < -0.4 is 4.74 Å². The molecule has 0 radical (unpaired) electrons. The molecule has 0 spiro atoms. The van der Waals surface area contributed by atoms with E-state index in [1.165, 1.54) is 17.0 Å². The predicted molar refractivity (Wildman–Crippen MR) is 118 cm³/mol. The summed E-state index contributed by atoms with van der Waals surface area (Å²) >= 11 is 1.67. The van der Waals surface area contributed by atoms with Crippen molar-refractivity contribution in [2.45, 2.75) is 26.3 Å². The molecule has 0 unspecified atom stereocenters. The summed E-state index contributed by atoms with van der Waals surface area (Å²) in [6, 6.07) is 7.71. The number of nitrogens with zero attached hydrogens (tertiary/aromatic N) is 2. The molecule has 0 fully saturated rings. The Morgan fingerprint density at radius 2 is 2.13 bits per heavy atom. The van der Waals surface area contributed by atoms with Gasteiger partial charge in [-0.3, -0.25) is 9.59 Å². The number of hydrogen-bond acceptors (Lipinski definition) is 5. The molecule has 1 atom stereocenters. The SMILES string of the molecule is COCCN(CC(=O)N1CCc2sccc2[C@@H]1COc1cccc(F)c1)C(=O)C(C)C. The van der Waals surface area contributed by atoms with Crippen molar-refractivity contribution >= 4 is 23.2 Å². The molecular weight excluding hydrogens is 419 g/mol. The number of thiophene rings is 1. The molecule has 1 aliphatic rings. The molecule has 0 saturated carbocycles. The average molecular weight is 449 g/mol. The van der Waals surface area contributed by atoms with Crippen LogP contribution in [0.25, 0.3) is 0 Å². The first-order valence-corrected chi connectivity index (χ1v) is 11.3. The Morgan fingerprint density at radius 1 is 1.32 bits per heavy atom. The van der Waals surface area contributed by atoms with Gasteiger partial charge in [0.25, 0.3) is 0 Å². The van der Waals surface area contributed by atoms with Crippen LogP contribution in [-0.2, 0) is 20.7 Å². The largest absolute Gasteiger partial charge is 0.491 e. The topological polar surface area (TPSA) is 59.1 Å². The van der Waals surface area contributed by atoms with E-state index in [1.807, 2.05) is 25.3 Å². The average Bonchev–Trinajstić information content (AvgIpc) is 3.23. The lowest BCUT2D eigenvalue weighted by Crippen LogP contribution is -2.49. The number of hydrogen-bond donors (Lipinski definition) is 0. The van der Waals surface area contributed by atoms with Gasteiger partial charge in [0, 0.05) is 37.1 Å². The van der Waals surface area contributed by atoms with E-state index in [0.29, 0.717) is 25.4 Å². The number of benzene rings is 1. The van der Waals surface area contributed by atoms with Crippen molar-refractivity contribution in [2.24, 2.45) is 5.92 Å². The van der Waals surface area contributed by atoms with Gasteiger partial charge in [-0.25, -0.2) is 4.39 Å². The number of methoxy groups -OCH3 is 1. The van der Waals surface area contributed by atoms with E-state index in [2.05, 4.69) is 0 Å². The molecule has 8 heteroatoms. The molecule has 0 aliphatic carbocycles. The van der Waals surface area contributed by atoms with E-state index in [4.69, 9.17) is 9.47 Å². The van der Waals surface area contributed by atoms with Crippen molar-refractivity contribution in [1.29, 1.82) is 0 Å². The van der Waals surface area contributed by atoms with Crippen LogP contribution in [0.5, 0.6) is 5.75 Å². The minimum Gasteiger partial charge on any atom is -0.491 e. The molecule has 0 bridgehead atoms. The summed E-state index contributed by atoms with van der Waals surface area (Å²) in [7, 11) is 1.57. The Hall–Kier alpha value is -2.45. The zero-order valence-corrected chi connectivity index (χ0v) is 19.0. The second kappa shape index (κ2) is 10.7. The Morgan fingerprint density at radius 3 is 2.84 bits per heavy atom. The molecule has 1 aromatic heterocycles. The first-order valence-electron chi connectivity index (χ1n) is 10.4. The van der Waals surface area contributed by atoms with Crippen LogP contribution in [0.4, 0.5) is 4.39 Å². The number of amides is 2. The first kappa shape index (κ1) is 23.2. The summed E-state index contributed by atoms with van der Waals surface area (Å²) in [5, 5.41) is 2.01. The van der Waals surface area contributed by atoms with E-state index < -0.39 is 0 Å². The predicted octanol–water partition coefficient (Wildman–Crippen LogP) is 3.52. The zero-order valence-electron chi connectivity index (χ0n) is 18.2. The third-order valence-corrected chi connectivity index (χ3v) is 6.31. The summed E-state index contributed by atoms with van der Waals surface area (Å²) in [5.41, 5.74) is 1.06. The molecule has 0 N–H and O–H groups in total. The lowest BCUT2D eigenvalue weighted by molar-refractivity contribution is -0.144. The number of halogens is 1. The van der Waals surface area contributed by atoms with E-state index in [9.17, 15) is 14.0 Å². The van der Waals surface area contributed by atoms with Crippen molar-refractivity contribution in [1.82, 2.24) is 9.80 Å². The summed E-state index contributed by atoms with van der Waals surface area (Å²) < 4.78 is 24.5. The van der Waals surface area contributed by atoms with Crippen molar-refractivity contribution < 1.29 is 23.5 Å². The highest BCUT2D eigenvalue weighted by molar-refractivity contribution is 7.10. The third-order valence-electron chi connectivity index (χ3n) is 5.32. The molecule has 2 heterocycles. The van der Waals surface area contributed by atoms with Crippen molar-refractivity contribution in [3.05, 3.63) is 52.0 Å². The van der Waals surface area contributed by atoms with Crippen LogP contribution in [0, 0.1) is 11.7 Å². The number of fused-ring (bicyclic) bond motifs is 1. The molecule has 1 aliphatic heterocycles. The molecule has 3 rings (SSSR count). The quantitative estimate of drug-likeness (QED) is 0.589. The Kier molecular flexibility index (Phi) is 8.03. The Labute approximate surface area is 186 Å². The lowest BCUT2D eigenvalue weighted by atomic mass is 10.0. The fourth-order valence-corrected chi connectivity index (χ4v) is 4.62. The maximum atomic E-state index is 13.5. The highest BCUT2D eigenvalue weighted by Gasteiger charge is 2.33. The molecule has 6 nitrogen and oxygen atoms in total. The van der Waals surface area contributed by atoms with Crippen molar-refractivity contribution in [3.8, 4) is 5.75 Å². The molecule has 31 heavy (non-hydrogen) atoms. The monoisotopic (exact) mass is 448 g/mol. The van der Waals surface area contributed by atoms with Crippen LogP contribution >= 0.6 is 11.3 Å². The van der Waals surface area contributed by atoms with Gasteiger partial charge in [-0.1, -0.05) is 19.9 Å². The Balaban J connectivity index is 1.76. The first-order chi connectivity index (χ1) is 14.9. The van der Waals surface area contributed by atoms with Gasteiger partial charge in [0.2, 0.25) is 11.8 Å². The smallest absolute Gasteiger partial charge is 0.242 e. The second-order valence-electron chi connectivity index (χ2n) is 7.83. The number of rotatable bonds is 9. The summed E-state index contributed by atoms with van der Waals surface area (Å²) in [5.74, 6) is -0.361. The van der Waals surface area contributed by atoms with Crippen LogP contribution in [0.15, 0.2) is 35.7 Å². The van der Waals surface area contributed by atoms with Gasteiger partial charge in [0.15, 0.2) is 0 Å². The van der Waals surface area contributed by atoms with Crippen molar-refractivity contribution in [2.75, 3.05) is 40.0 Å². The fourth-order valence-electron chi connectivity index (χ4n) is 3.69. The van der Waals surface area contributed by atoms with Gasteiger partial charge in [-0.2, -0.15) is 0 Å². The highest BCUT2D eigenvalue weighted by Crippen LogP contribution is 2.34. The van der Waals surface area contributed by atoms with Crippen LogP contribution in [0.2, 0.25) is 0 Å². The molecule has 2 aromatic rings. The van der Waals surface area contributed by atoms with E-state index in [0.717, 1.165) is 12.0 Å². The number of carbonyl (C=O) groups excluding carboxylic acids is 2. The van der Waals surface area contributed by atoms with E-state index in [-0.39, 0.29) is 42.7 Å². The lowest BCUT2D eigenvalue weighted by Gasteiger charge is -2.37. The minimum atomic E-state index is -0.369. The maximum Gasteiger partial charge on any atom is 0.242 e. The zero-order chi connectivity index (χ0) is 22.4. The fraction of sp³-hybridized carbons (Fsp3) is 0.478. The molecule has 0 saturated heterocycles. The van der Waals surface area contributed by atoms with Gasteiger partial charge in [-0.15, -0.1) is 11.3 Å². The highest BCUT2D eigenvalue weighted by atomic mass is 32.1. The summed E-state index contributed by atoms with van der Waals surface area (Å²) in [6.07, 6.45) is 0.769. The van der Waals surface area contributed by atoms with Crippen LogP contribution in [0.1, 0.15) is 30.3 Å². The van der Waals surface area contributed by atoms with Crippen LogP contribution in [-0.4, -0.2) is 61.6 Å². The van der Waals surface area contributed by atoms with Gasteiger partial charge >= 0.3 is 0 Å². The van der Waals surface area contributed by atoms with Gasteiger partial charge in [0.05, 0.1) is 19.2 Å². The van der Waals surface area contributed by atoms with Gasteiger partial charge in [0.1, 0.15) is 18.2 Å². The van der Waals surface area contributed by atoms with E-state index >= 15 is 0 Å². The summed E-state index contributed by atoms with van der Waals surface area (Å²) in [6.45, 7) is 5.14.